The fourth-order valence-electron chi connectivity index (χ4n) is 1.52. The van der Waals surface area contributed by atoms with Crippen molar-refractivity contribution < 1.29 is 9.53 Å². The Balaban J connectivity index is 2.47. The molecule has 0 aliphatic carbocycles. The van der Waals surface area contributed by atoms with Crippen molar-refractivity contribution in [3.05, 3.63) is 47.8 Å². The number of nitrogen functional groups attached to an aromatic ring is 1. The van der Waals surface area contributed by atoms with Gasteiger partial charge in [-0.2, -0.15) is 0 Å². The molecule has 3 N–H and O–H groups in total. The maximum atomic E-state index is 12.1. The molecule has 2 aromatic rings. The number of nitrogens with one attached hydrogen (secondary N) is 1. The number of aromatic amines is 1. The summed E-state index contributed by atoms with van der Waals surface area (Å²) >= 11 is 0. The lowest BCUT2D eigenvalue weighted by atomic mass is 10.1. The number of anilines is 1. The summed E-state index contributed by atoms with van der Waals surface area (Å²) in [5.41, 5.74) is 7.17. The SMILES string of the molecule is COc1ccc(N)cc1C(=O)c1ccc[nH]1. The molecule has 0 aliphatic rings. The summed E-state index contributed by atoms with van der Waals surface area (Å²) in [4.78, 5) is 14.9. The van der Waals surface area contributed by atoms with Gasteiger partial charge >= 0.3 is 0 Å². The van der Waals surface area contributed by atoms with Crippen molar-refractivity contribution in [1.82, 2.24) is 4.98 Å². The zero-order chi connectivity index (χ0) is 11.5. The minimum absolute atomic E-state index is 0.130. The van der Waals surface area contributed by atoms with Gasteiger partial charge in [-0.25, -0.2) is 0 Å². The molecule has 2 rings (SSSR count). The monoisotopic (exact) mass is 216 g/mol. The van der Waals surface area contributed by atoms with Crippen molar-refractivity contribution in [1.29, 1.82) is 0 Å². The molecule has 0 amide bonds. The highest BCUT2D eigenvalue weighted by Crippen LogP contribution is 2.23. The maximum absolute atomic E-state index is 12.1. The van der Waals surface area contributed by atoms with Crippen LogP contribution < -0.4 is 10.5 Å². The van der Waals surface area contributed by atoms with Gasteiger partial charge in [0.05, 0.1) is 18.4 Å². The van der Waals surface area contributed by atoms with E-state index in [1.807, 2.05) is 0 Å². The summed E-state index contributed by atoms with van der Waals surface area (Å²) in [6.45, 7) is 0. The smallest absolute Gasteiger partial charge is 0.212 e. The molecule has 82 valence electrons. The topological polar surface area (TPSA) is 68.1 Å². The number of ether oxygens (including phenoxy) is 1. The summed E-state index contributed by atoms with van der Waals surface area (Å²) in [6.07, 6.45) is 1.70. The van der Waals surface area contributed by atoms with Gasteiger partial charge in [-0.05, 0) is 30.3 Å². The summed E-state index contributed by atoms with van der Waals surface area (Å²) in [5, 5.41) is 0. The van der Waals surface area contributed by atoms with Crippen LogP contribution in [0.15, 0.2) is 36.5 Å². The molecule has 0 radical (unpaired) electrons. The zero-order valence-electron chi connectivity index (χ0n) is 8.86. The molecule has 0 bridgehead atoms. The molecule has 0 spiro atoms. The number of aromatic nitrogens is 1. The summed E-state index contributed by atoms with van der Waals surface area (Å²) in [5.74, 6) is 0.392. The molecule has 1 heterocycles. The first-order valence-electron chi connectivity index (χ1n) is 4.84. The van der Waals surface area contributed by atoms with E-state index in [0.717, 1.165) is 0 Å². The highest BCUT2D eigenvalue weighted by Gasteiger charge is 2.15. The Labute approximate surface area is 93.0 Å². The number of H-pyrrole nitrogens is 1. The van der Waals surface area contributed by atoms with Crippen LogP contribution in [-0.4, -0.2) is 17.9 Å². The summed E-state index contributed by atoms with van der Waals surface area (Å²) in [7, 11) is 1.52. The highest BCUT2D eigenvalue weighted by atomic mass is 16.5. The Bertz CT molecular complexity index is 504. The quantitative estimate of drug-likeness (QED) is 0.607. The number of carbonyl (C=O) groups excluding carboxylic acids is 1. The molecule has 0 fully saturated rings. The van der Waals surface area contributed by atoms with Gasteiger partial charge in [-0.1, -0.05) is 0 Å². The second-order valence-electron chi connectivity index (χ2n) is 3.37. The van der Waals surface area contributed by atoms with Crippen LogP contribution in [0.2, 0.25) is 0 Å². The molecule has 4 nitrogen and oxygen atoms in total. The van der Waals surface area contributed by atoms with Crippen molar-refractivity contribution >= 4 is 11.5 Å². The first-order valence-corrected chi connectivity index (χ1v) is 4.84. The highest BCUT2D eigenvalue weighted by molar-refractivity contribution is 6.10. The summed E-state index contributed by atoms with van der Waals surface area (Å²) in [6, 6.07) is 8.48. The van der Waals surface area contributed by atoms with Crippen LogP contribution in [-0.2, 0) is 0 Å². The van der Waals surface area contributed by atoms with Crippen LogP contribution in [0.3, 0.4) is 0 Å². The van der Waals surface area contributed by atoms with E-state index in [1.54, 1.807) is 36.5 Å². The lowest BCUT2D eigenvalue weighted by Gasteiger charge is -2.07. The van der Waals surface area contributed by atoms with Gasteiger partial charge in [-0.3, -0.25) is 4.79 Å². The predicted molar refractivity (Wildman–Crippen MR) is 61.6 cm³/mol. The Morgan fingerprint density at radius 2 is 2.19 bits per heavy atom. The molecule has 1 aromatic heterocycles. The number of ketones is 1. The third-order valence-electron chi connectivity index (χ3n) is 2.31. The van der Waals surface area contributed by atoms with E-state index >= 15 is 0 Å². The second kappa shape index (κ2) is 4.10. The Morgan fingerprint density at radius 3 is 2.81 bits per heavy atom. The number of rotatable bonds is 3. The van der Waals surface area contributed by atoms with Crippen LogP contribution in [0.1, 0.15) is 16.1 Å². The molecule has 0 atom stereocenters. The van der Waals surface area contributed by atoms with Gasteiger partial charge in [0.25, 0.3) is 0 Å². The van der Waals surface area contributed by atoms with E-state index in [4.69, 9.17) is 10.5 Å². The maximum Gasteiger partial charge on any atom is 0.212 e. The van der Waals surface area contributed by atoms with Crippen LogP contribution in [0.4, 0.5) is 5.69 Å². The summed E-state index contributed by atoms with van der Waals surface area (Å²) < 4.78 is 5.13. The number of methoxy groups -OCH3 is 1. The van der Waals surface area contributed by atoms with Crippen LogP contribution in [0.5, 0.6) is 5.75 Å². The molecule has 4 heteroatoms. The number of hydrogen-bond donors (Lipinski definition) is 2. The Morgan fingerprint density at radius 1 is 1.38 bits per heavy atom. The standard InChI is InChI=1S/C12H12N2O2/c1-16-11-5-4-8(13)7-9(11)12(15)10-3-2-6-14-10/h2-7,14H,13H2,1H3. The largest absolute Gasteiger partial charge is 0.496 e. The van der Waals surface area contributed by atoms with Crippen molar-refractivity contribution in [3.63, 3.8) is 0 Å². The fourth-order valence-corrected chi connectivity index (χ4v) is 1.52. The minimum atomic E-state index is -0.130. The normalized spacial score (nSPS) is 10.1. The molecule has 0 saturated carbocycles. The third-order valence-corrected chi connectivity index (χ3v) is 2.31. The molecule has 0 saturated heterocycles. The fraction of sp³-hybridized carbons (Fsp3) is 0.0833. The van der Waals surface area contributed by atoms with E-state index in [-0.39, 0.29) is 5.78 Å². The Kier molecular flexibility index (Phi) is 2.64. The van der Waals surface area contributed by atoms with Crippen LogP contribution in [0, 0.1) is 0 Å². The number of hydrogen-bond acceptors (Lipinski definition) is 3. The molecule has 0 aliphatic heterocycles. The van der Waals surface area contributed by atoms with E-state index in [2.05, 4.69) is 4.98 Å². The van der Waals surface area contributed by atoms with Crippen molar-refractivity contribution in [2.24, 2.45) is 0 Å². The van der Waals surface area contributed by atoms with Crippen molar-refractivity contribution in [3.8, 4) is 5.75 Å². The van der Waals surface area contributed by atoms with Gasteiger partial charge in [0.1, 0.15) is 5.75 Å². The Hall–Kier alpha value is -2.23. The predicted octanol–water partition coefficient (Wildman–Crippen LogP) is 1.84. The zero-order valence-corrected chi connectivity index (χ0v) is 8.86. The average molecular weight is 216 g/mol. The minimum Gasteiger partial charge on any atom is -0.496 e. The number of carbonyl (C=O) groups is 1. The number of nitrogens with two attached hydrogens (primary N) is 1. The molecule has 16 heavy (non-hydrogen) atoms. The molecular formula is C12H12N2O2. The molecular weight excluding hydrogens is 204 g/mol. The van der Waals surface area contributed by atoms with Gasteiger partial charge in [0.2, 0.25) is 5.78 Å². The molecule has 0 unspecified atom stereocenters. The lowest BCUT2D eigenvalue weighted by Crippen LogP contribution is -2.05. The number of benzene rings is 1. The lowest BCUT2D eigenvalue weighted by molar-refractivity contribution is 0.103. The van der Waals surface area contributed by atoms with Crippen molar-refractivity contribution in [2.75, 3.05) is 12.8 Å². The van der Waals surface area contributed by atoms with Gasteiger partial charge < -0.3 is 15.5 Å². The van der Waals surface area contributed by atoms with Gasteiger partial charge in [0, 0.05) is 11.9 Å². The third kappa shape index (κ3) is 1.77. The van der Waals surface area contributed by atoms with E-state index in [0.29, 0.717) is 22.7 Å². The van der Waals surface area contributed by atoms with Crippen LogP contribution in [0.25, 0.3) is 0 Å². The van der Waals surface area contributed by atoms with Crippen LogP contribution >= 0.6 is 0 Å². The van der Waals surface area contributed by atoms with Gasteiger partial charge in [0.15, 0.2) is 0 Å². The first-order chi connectivity index (χ1) is 7.72. The second-order valence-corrected chi connectivity index (χ2v) is 3.37. The molecule has 1 aromatic carbocycles. The van der Waals surface area contributed by atoms with Crippen molar-refractivity contribution in [2.45, 2.75) is 0 Å². The van der Waals surface area contributed by atoms with E-state index in [9.17, 15) is 4.79 Å². The average Bonchev–Trinajstić information content (AvgIpc) is 2.81. The first kappa shape index (κ1) is 10.3. The van der Waals surface area contributed by atoms with Gasteiger partial charge in [-0.15, -0.1) is 0 Å². The van der Waals surface area contributed by atoms with E-state index in [1.165, 1.54) is 7.11 Å². The van der Waals surface area contributed by atoms with E-state index < -0.39 is 0 Å².